The van der Waals surface area contributed by atoms with Crippen LogP contribution in [0.1, 0.15) is 25.1 Å². The molecule has 1 aliphatic heterocycles. The molecule has 78 valence electrons. The molecule has 1 saturated heterocycles. The fraction of sp³-hybridized carbons (Fsp3) is 0.778. The van der Waals surface area contributed by atoms with Crippen LogP contribution in [0.25, 0.3) is 0 Å². The Morgan fingerprint density at radius 2 is 2.14 bits per heavy atom. The molecule has 0 radical (unpaired) electrons. The molecule has 1 aromatic heterocycles. The molecule has 0 amide bonds. The molecule has 1 aliphatic rings. The summed E-state index contributed by atoms with van der Waals surface area (Å²) in [6, 6.07) is 0. The number of aromatic amines is 1. The van der Waals surface area contributed by atoms with Crippen LogP contribution in [-0.4, -0.2) is 35.4 Å². The van der Waals surface area contributed by atoms with Gasteiger partial charge in [0.15, 0.2) is 5.82 Å². The van der Waals surface area contributed by atoms with Gasteiger partial charge in [0.05, 0.1) is 0 Å². The number of nitrogens with one attached hydrogen (secondary N) is 1. The van der Waals surface area contributed by atoms with Gasteiger partial charge in [-0.1, -0.05) is 0 Å². The van der Waals surface area contributed by atoms with Crippen molar-refractivity contribution in [3.63, 3.8) is 0 Å². The summed E-state index contributed by atoms with van der Waals surface area (Å²) in [5, 5.41) is 7.04. The van der Waals surface area contributed by atoms with Crippen LogP contribution in [0.2, 0.25) is 0 Å². The molecule has 0 bridgehead atoms. The Hall–Kier alpha value is -1.10. The summed E-state index contributed by atoms with van der Waals surface area (Å²) in [5.74, 6) is 1.62. The summed E-state index contributed by atoms with van der Waals surface area (Å²) in [7, 11) is 1.66. The zero-order valence-electron chi connectivity index (χ0n) is 8.49. The largest absolute Gasteiger partial charge is 0.377 e. The van der Waals surface area contributed by atoms with Gasteiger partial charge >= 0.3 is 0 Å². The van der Waals surface area contributed by atoms with Crippen LogP contribution < -0.4 is 4.90 Å². The van der Waals surface area contributed by atoms with Crippen LogP contribution in [0, 0.1) is 0 Å². The van der Waals surface area contributed by atoms with E-state index < -0.39 is 0 Å². The van der Waals surface area contributed by atoms with Gasteiger partial charge in [-0.3, -0.25) is 5.10 Å². The van der Waals surface area contributed by atoms with Crippen molar-refractivity contribution in [2.45, 2.75) is 25.9 Å². The molecule has 0 spiro atoms. The number of methoxy groups -OCH3 is 1. The lowest BCUT2D eigenvalue weighted by molar-refractivity contribution is 0.178. The van der Waals surface area contributed by atoms with Crippen LogP contribution >= 0.6 is 0 Å². The zero-order chi connectivity index (χ0) is 9.80. The minimum atomic E-state index is 0.501. The van der Waals surface area contributed by atoms with Crippen molar-refractivity contribution in [3.8, 4) is 0 Å². The van der Waals surface area contributed by atoms with Gasteiger partial charge < -0.3 is 9.64 Å². The third-order valence-electron chi connectivity index (χ3n) is 2.44. The first kappa shape index (κ1) is 9.45. The summed E-state index contributed by atoms with van der Waals surface area (Å²) in [5.41, 5.74) is 0. The monoisotopic (exact) mass is 196 g/mol. The molecule has 1 aromatic rings. The molecule has 5 heteroatoms. The van der Waals surface area contributed by atoms with Gasteiger partial charge in [-0.15, -0.1) is 5.10 Å². The van der Waals surface area contributed by atoms with E-state index in [1.807, 2.05) is 0 Å². The van der Waals surface area contributed by atoms with Gasteiger partial charge in [0.2, 0.25) is 5.95 Å². The Morgan fingerprint density at radius 3 is 2.86 bits per heavy atom. The zero-order valence-corrected chi connectivity index (χ0v) is 8.49. The molecule has 2 rings (SSSR count). The molecule has 1 fully saturated rings. The Labute approximate surface area is 83.5 Å². The van der Waals surface area contributed by atoms with Crippen LogP contribution in [0.4, 0.5) is 5.95 Å². The summed E-state index contributed by atoms with van der Waals surface area (Å²) >= 11 is 0. The molecule has 2 heterocycles. The van der Waals surface area contributed by atoms with E-state index in [4.69, 9.17) is 4.74 Å². The summed E-state index contributed by atoms with van der Waals surface area (Å²) < 4.78 is 4.98. The number of hydrogen-bond acceptors (Lipinski definition) is 4. The highest BCUT2D eigenvalue weighted by Crippen LogP contribution is 2.14. The normalized spacial score (nSPS) is 17.4. The van der Waals surface area contributed by atoms with E-state index in [0.717, 1.165) is 24.9 Å². The van der Waals surface area contributed by atoms with Gasteiger partial charge in [0.1, 0.15) is 6.61 Å². The first-order chi connectivity index (χ1) is 6.90. The van der Waals surface area contributed by atoms with E-state index in [0.29, 0.717) is 6.61 Å². The smallest absolute Gasteiger partial charge is 0.244 e. The van der Waals surface area contributed by atoms with Crippen molar-refractivity contribution in [1.82, 2.24) is 15.2 Å². The Balaban J connectivity index is 2.00. The molecule has 5 nitrogen and oxygen atoms in total. The number of nitrogens with zero attached hydrogens (tertiary/aromatic N) is 3. The number of rotatable bonds is 3. The second kappa shape index (κ2) is 4.41. The summed E-state index contributed by atoms with van der Waals surface area (Å²) in [6.07, 6.45) is 3.81. The molecule has 0 saturated carbocycles. The molecule has 0 unspecified atom stereocenters. The first-order valence-electron chi connectivity index (χ1n) is 5.05. The topological polar surface area (TPSA) is 54.0 Å². The molecule has 1 N–H and O–H groups in total. The maximum Gasteiger partial charge on any atom is 0.244 e. The number of hydrogen-bond donors (Lipinski definition) is 1. The van der Waals surface area contributed by atoms with Crippen LogP contribution in [0.5, 0.6) is 0 Å². The van der Waals surface area contributed by atoms with Crippen molar-refractivity contribution in [2.24, 2.45) is 0 Å². The van der Waals surface area contributed by atoms with Gasteiger partial charge in [0.25, 0.3) is 0 Å². The minimum absolute atomic E-state index is 0.501. The highest BCUT2D eigenvalue weighted by molar-refractivity contribution is 5.28. The predicted octanol–water partition coefficient (Wildman–Crippen LogP) is 0.941. The van der Waals surface area contributed by atoms with E-state index in [9.17, 15) is 0 Å². The van der Waals surface area contributed by atoms with Gasteiger partial charge in [-0.05, 0) is 19.3 Å². The average molecular weight is 196 g/mol. The second-order valence-corrected chi connectivity index (χ2v) is 3.56. The first-order valence-corrected chi connectivity index (χ1v) is 5.05. The van der Waals surface area contributed by atoms with Crippen molar-refractivity contribution >= 4 is 5.95 Å². The van der Waals surface area contributed by atoms with E-state index >= 15 is 0 Å². The molecule has 0 aromatic carbocycles. The number of H-pyrrole nitrogens is 1. The Bertz CT molecular complexity index is 280. The Kier molecular flexibility index (Phi) is 2.98. The highest BCUT2D eigenvalue weighted by atomic mass is 16.5. The van der Waals surface area contributed by atoms with E-state index in [1.54, 1.807) is 7.11 Å². The average Bonchev–Trinajstić information content (AvgIpc) is 2.68. The molecular formula is C9H16N4O. The van der Waals surface area contributed by atoms with Crippen LogP contribution in [0.15, 0.2) is 0 Å². The molecule has 0 aliphatic carbocycles. The van der Waals surface area contributed by atoms with Crippen LogP contribution in [0.3, 0.4) is 0 Å². The highest BCUT2D eigenvalue weighted by Gasteiger charge is 2.14. The van der Waals surface area contributed by atoms with Gasteiger partial charge in [-0.25, -0.2) is 0 Å². The maximum absolute atomic E-state index is 4.98. The van der Waals surface area contributed by atoms with E-state index in [2.05, 4.69) is 20.1 Å². The summed E-state index contributed by atoms with van der Waals surface area (Å²) in [4.78, 5) is 6.58. The molecular weight excluding hydrogens is 180 g/mol. The fourth-order valence-corrected chi connectivity index (χ4v) is 1.72. The summed E-state index contributed by atoms with van der Waals surface area (Å²) in [6.45, 7) is 2.65. The lowest BCUT2D eigenvalue weighted by Gasteiger charge is -2.24. The SMILES string of the molecule is COCc1nc(N2CCCCC2)n[nH]1. The van der Waals surface area contributed by atoms with E-state index in [1.165, 1.54) is 19.3 Å². The standard InChI is InChI=1S/C9H16N4O/c1-14-7-8-10-9(12-11-8)13-5-3-2-4-6-13/h2-7H2,1H3,(H,10,11,12). The predicted molar refractivity (Wildman–Crippen MR) is 53.2 cm³/mol. The number of piperidine rings is 1. The second-order valence-electron chi connectivity index (χ2n) is 3.56. The molecule has 0 atom stereocenters. The Morgan fingerprint density at radius 1 is 1.36 bits per heavy atom. The third kappa shape index (κ3) is 2.04. The quantitative estimate of drug-likeness (QED) is 0.781. The minimum Gasteiger partial charge on any atom is -0.377 e. The third-order valence-corrected chi connectivity index (χ3v) is 2.44. The number of anilines is 1. The van der Waals surface area contributed by atoms with Crippen molar-refractivity contribution in [1.29, 1.82) is 0 Å². The lowest BCUT2D eigenvalue weighted by Crippen LogP contribution is -2.30. The molecule has 14 heavy (non-hydrogen) atoms. The number of ether oxygens (including phenoxy) is 1. The van der Waals surface area contributed by atoms with Crippen molar-refractivity contribution < 1.29 is 4.74 Å². The number of aromatic nitrogens is 3. The van der Waals surface area contributed by atoms with Crippen molar-refractivity contribution in [3.05, 3.63) is 5.82 Å². The fourth-order valence-electron chi connectivity index (χ4n) is 1.72. The van der Waals surface area contributed by atoms with Gasteiger partial charge in [-0.2, -0.15) is 4.98 Å². The maximum atomic E-state index is 4.98. The van der Waals surface area contributed by atoms with Gasteiger partial charge in [0, 0.05) is 20.2 Å². The van der Waals surface area contributed by atoms with Crippen LogP contribution in [-0.2, 0) is 11.3 Å². The van der Waals surface area contributed by atoms with Crippen molar-refractivity contribution in [2.75, 3.05) is 25.1 Å². The lowest BCUT2D eigenvalue weighted by atomic mass is 10.1. The van der Waals surface area contributed by atoms with E-state index in [-0.39, 0.29) is 0 Å².